The molecule has 0 radical (unpaired) electrons. The standard InChI is InChI=1S/C14H10N4O2/c19-12(13-8-15-9-20-13)5-10-6-17-14(18-7-10)11-3-1-2-4-16-11/h1-4,6-9H,5H2. The predicted molar refractivity (Wildman–Crippen MR) is 69.8 cm³/mol. The summed E-state index contributed by atoms with van der Waals surface area (Å²) in [6, 6.07) is 5.52. The molecule has 0 N–H and O–H groups in total. The van der Waals surface area contributed by atoms with Gasteiger partial charge < -0.3 is 4.42 Å². The lowest BCUT2D eigenvalue weighted by Gasteiger charge is -2.01. The van der Waals surface area contributed by atoms with E-state index in [9.17, 15) is 4.79 Å². The number of hydrogen-bond acceptors (Lipinski definition) is 6. The van der Waals surface area contributed by atoms with Crippen molar-refractivity contribution in [3.63, 3.8) is 0 Å². The number of aromatic nitrogens is 4. The highest BCUT2D eigenvalue weighted by Crippen LogP contribution is 2.11. The Morgan fingerprint density at radius 2 is 1.95 bits per heavy atom. The van der Waals surface area contributed by atoms with Gasteiger partial charge in [-0.05, 0) is 17.7 Å². The molecule has 0 aromatic carbocycles. The molecule has 20 heavy (non-hydrogen) atoms. The number of carbonyl (C=O) groups is 1. The van der Waals surface area contributed by atoms with E-state index in [-0.39, 0.29) is 18.0 Å². The number of hydrogen-bond donors (Lipinski definition) is 0. The Hall–Kier alpha value is -2.89. The maximum absolute atomic E-state index is 11.8. The first-order valence-electron chi connectivity index (χ1n) is 5.97. The molecule has 0 atom stereocenters. The summed E-state index contributed by atoms with van der Waals surface area (Å²) in [4.78, 5) is 28.1. The Morgan fingerprint density at radius 1 is 1.10 bits per heavy atom. The summed E-state index contributed by atoms with van der Waals surface area (Å²) in [6.07, 6.45) is 7.72. The quantitative estimate of drug-likeness (QED) is 0.671. The summed E-state index contributed by atoms with van der Waals surface area (Å²) in [7, 11) is 0. The number of nitrogens with zero attached hydrogens (tertiary/aromatic N) is 4. The maximum Gasteiger partial charge on any atom is 0.204 e. The van der Waals surface area contributed by atoms with Crippen LogP contribution in [0, 0.1) is 0 Å². The molecular formula is C14H10N4O2. The molecular weight excluding hydrogens is 256 g/mol. The van der Waals surface area contributed by atoms with Crippen LogP contribution < -0.4 is 0 Å². The minimum atomic E-state index is -0.156. The van der Waals surface area contributed by atoms with Crippen molar-refractivity contribution in [1.29, 1.82) is 0 Å². The lowest BCUT2D eigenvalue weighted by Crippen LogP contribution is -2.03. The van der Waals surface area contributed by atoms with Gasteiger partial charge in [-0.3, -0.25) is 9.78 Å². The first kappa shape index (κ1) is 12.2. The van der Waals surface area contributed by atoms with Crippen molar-refractivity contribution < 1.29 is 9.21 Å². The Morgan fingerprint density at radius 3 is 2.60 bits per heavy atom. The summed E-state index contributed by atoms with van der Waals surface area (Å²) in [5, 5.41) is 0. The maximum atomic E-state index is 11.8. The van der Waals surface area contributed by atoms with Crippen LogP contribution in [0.15, 0.2) is 53.8 Å². The second kappa shape index (κ2) is 5.40. The minimum absolute atomic E-state index is 0.156. The summed E-state index contributed by atoms with van der Waals surface area (Å²) < 4.78 is 4.95. The van der Waals surface area contributed by atoms with Crippen molar-refractivity contribution in [1.82, 2.24) is 19.9 Å². The van der Waals surface area contributed by atoms with Crippen LogP contribution in [-0.2, 0) is 6.42 Å². The topological polar surface area (TPSA) is 81.8 Å². The zero-order chi connectivity index (χ0) is 13.8. The van der Waals surface area contributed by atoms with E-state index in [0.717, 1.165) is 0 Å². The van der Waals surface area contributed by atoms with Crippen LogP contribution in [0.4, 0.5) is 0 Å². The van der Waals surface area contributed by atoms with Gasteiger partial charge in [0.2, 0.25) is 5.78 Å². The smallest absolute Gasteiger partial charge is 0.204 e. The van der Waals surface area contributed by atoms with Crippen LogP contribution >= 0.6 is 0 Å². The van der Waals surface area contributed by atoms with Crippen molar-refractivity contribution in [3.8, 4) is 11.5 Å². The Balaban J connectivity index is 1.75. The molecule has 0 fully saturated rings. The third-order valence-corrected chi connectivity index (χ3v) is 2.67. The van der Waals surface area contributed by atoms with E-state index in [0.29, 0.717) is 17.1 Å². The van der Waals surface area contributed by atoms with Crippen LogP contribution in [-0.4, -0.2) is 25.7 Å². The molecule has 0 saturated heterocycles. The molecule has 0 amide bonds. The average molecular weight is 266 g/mol. The molecule has 98 valence electrons. The number of carbonyl (C=O) groups excluding carboxylic acids is 1. The molecule has 3 aromatic heterocycles. The first-order chi connectivity index (χ1) is 9.83. The fourth-order valence-electron chi connectivity index (χ4n) is 1.70. The first-order valence-corrected chi connectivity index (χ1v) is 5.97. The van der Waals surface area contributed by atoms with Gasteiger partial charge in [0.15, 0.2) is 18.0 Å². The molecule has 6 heteroatoms. The van der Waals surface area contributed by atoms with E-state index in [4.69, 9.17) is 4.42 Å². The van der Waals surface area contributed by atoms with Gasteiger partial charge in [-0.1, -0.05) is 6.07 Å². The van der Waals surface area contributed by atoms with Crippen LogP contribution in [0.25, 0.3) is 11.5 Å². The van der Waals surface area contributed by atoms with Crippen molar-refractivity contribution in [2.45, 2.75) is 6.42 Å². The zero-order valence-electron chi connectivity index (χ0n) is 10.4. The molecule has 0 saturated carbocycles. The lowest BCUT2D eigenvalue weighted by molar-refractivity contribution is 0.0966. The number of rotatable bonds is 4. The van der Waals surface area contributed by atoms with E-state index in [1.165, 1.54) is 12.6 Å². The monoisotopic (exact) mass is 266 g/mol. The lowest BCUT2D eigenvalue weighted by atomic mass is 10.1. The molecule has 0 aliphatic carbocycles. The van der Waals surface area contributed by atoms with Crippen molar-refractivity contribution in [2.24, 2.45) is 0 Å². The van der Waals surface area contributed by atoms with Crippen LogP contribution in [0.5, 0.6) is 0 Å². The van der Waals surface area contributed by atoms with Crippen molar-refractivity contribution in [2.75, 3.05) is 0 Å². The Bertz CT molecular complexity index is 694. The highest BCUT2D eigenvalue weighted by atomic mass is 16.3. The van der Waals surface area contributed by atoms with E-state index in [2.05, 4.69) is 19.9 Å². The zero-order valence-corrected chi connectivity index (χ0v) is 10.4. The Labute approximate surface area is 114 Å². The summed E-state index contributed by atoms with van der Waals surface area (Å²) in [6.45, 7) is 0. The third kappa shape index (κ3) is 2.59. The van der Waals surface area contributed by atoms with Crippen LogP contribution in [0.1, 0.15) is 16.1 Å². The molecule has 3 aromatic rings. The SMILES string of the molecule is O=C(Cc1cnc(-c2ccccn2)nc1)c1cnco1. The van der Waals surface area contributed by atoms with Gasteiger partial charge in [0.05, 0.1) is 6.20 Å². The van der Waals surface area contributed by atoms with Gasteiger partial charge in [-0.25, -0.2) is 15.0 Å². The van der Waals surface area contributed by atoms with Gasteiger partial charge in [-0.15, -0.1) is 0 Å². The van der Waals surface area contributed by atoms with Crippen LogP contribution in [0.2, 0.25) is 0 Å². The number of pyridine rings is 1. The fraction of sp³-hybridized carbons (Fsp3) is 0.0714. The number of Topliss-reactive ketones (excluding diaryl/α,β-unsaturated/α-hetero) is 1. The number of ketones is 1. The van der Waals surface area contributed by atoms with Gasteiger partial charge in [-0.2, -0.15) is 0 Å². The third-order valence-electron chi connectivity index (χ3n) is 2.67. The summed E-state index contributed by atoms with van der Waals surface area (Å²) in [5.41, 5.74) is 1.41. The van der Waals surface area contributed by atoms with E-state index in [1.54, 1.807) is 18.6 Å². The molecule has 0 bridgehead atoms. The van der Waals surface area contributed by atoms with Crippen LogP contribution in [0.3, 0.4) is 0 Å². The molecule has 0 aliphatic rings. The van der Waals surface area contributed by atoms with Crippen molar-refractivity contribution >= 4 is 5.78 Å². The summed E-state index contributed by atoms with van der Waals surface area (Å²) >= 11 is 0. The van der Waals surface area contributed by atoms with Crippen molar-refractivity contribution in [3.05, 3.63) is 60.7 Å². The average Bonchev–Trinajstić information content (AvgIpc) is 3.03. The molecule has 0 spiro atoms. The predicted octanol–water partition coefficient (Wildman–Crippen LogP) is 1.95. The van der Waals surface area contributed by atoms with E-state index in [1.807, 2.05) is 18.2 Å². The highest BCUT2D eigenvalue weighted by molar-refractivity contribution is 5.94. The molecule has 3 rings (SSSR count). The Kier molecular flexibility index (Phi) is 3.28. The second-order valence-corrected chi connectivity index (χ2v) is 4.10. The second-order valence-electron chi connectivity index (χ2n) is 4.10. The fourth-order valence-corrected chi connectivity index (χ4v) is 1.70. The van der Waals surface area contributed by atoms with Gasteiger partial charge in [0, 0.05) is 25.0 Å². The molecule has 6 nitrogen and oxygen atoms in total. The largest absolute Gasteiger partial charge is 0.440 e. The summed E-state index contributed by atoms with van der Waals surface area (Å²) in [5.74, 6) is 0.608. The molecule has 0 unspecified atom stereocenters. The molecule has 3 heterocycles. The van der Waals surface area contributed by atoms with Gasteiger partial charge in [0.1, 0.15) is 5.69 Å². The molecule has 0 aliphatic heterocycles. The van der Waals surface area contributed by atoms with E-state index >= 15 is 0 Å². The van der Waals surface area contributed by atoms with Gasteiger partial charge >= 0.3 is 0 Å². The highest BCUT2D eigenvalue weighted by Gasteiger charge is 2.11. The number of oxazole rings is 1. The minimum Gasteiger partial charge on any atom is -0.440 e. The normalized spacial score (nSPS) is 10.4. The van der Waals surface area contributed by atoms with E-state index < -0.39 is 0 Å². The van der Waals surface area contributed by atoms with Gasteiger partial charge in [0.25, 0.3) is 0 Å².